The highest BCUT2D eigenvalue weighted by Crippen LogP contribution is 2.21. The maximum atomic E-state index is 11.7. The van der Waals surface area contributed by atoms with Crippen LogP contribution < -0.4 is 10.1 Å². The van der Waals surface area contributed by atoms with Gasteiger partial charge in [0.25, 0.3) is 0 Å². The summed E-state index contributed by atoms with van der Waals surface area (Å²) in [5, 5.41) is 8.93. The summed E-state index contributed by atoms with van der Waals surface area (Å²) in [5.74, 6) is 0.210. The number of hydrogen-bond donors (Lipinski definition) is 2. The van der Waals surface area contributed by atoms with Crippen molar-refractivity contribution in [3.8, 4) is 6.01 Å². The molecule has 15 heavy (non-hydrogen) atoms. The third kappa shape index (κ3) is 2.68. The van der Waals surface area contributed by atoms with Gasteiger partial charge in [0.15, 0.2) is 0 Å². The topological polar surface area (TPSA) is 79.9 Å². The summed E-state index contributed by atoms with van der Waals surface area (Å²) in [6.07, 6.45) is 0.754. The highest BCUT2D eigenvalue weighted by atomic mass is 16.5. The lowest BCUT2D eigenvalue weighted by Gasteiger charge is -2.20. The minimum Gasteiger partial charge on any atom is -0.466 e. The van der Waals surface area contributed by atoms with E-state index < -0.39 is 5.41 Å². The standard InChI is InChI=1S/C9H16N4O2/c1-5-9(2,3)6(14)10-7-11-8(15-4)13-12-7/h5H2,1-4H3,(H2,10,11,12,13,14). The Morgan fingerprint density at radius 3 is 2.73 bits per heavy atom. The number of methoxy groups -OCH3 is 1. The fourth-order valence-electron chi connectivity index (χ4n) is 0.831. The Morgan fingerprint density at radius 1 is 1.60 bits per heavy atom. The maximum absolute atomic E-state index is 11.7. The minimum absolute atomic E-state index is 0.0937. The van der Waals surface area contributed by atoms with Gasteiger partial charge in [0.05, 0.1) is 7.11 Å². The summed E-state index contributed by atoms with van der Waals surface area (Å²) in [4.78, 5) is 15.6. The van der Waals surface area contributed by atoms with Gasteiger partial charge in [-0.15, -0.1) is 5.10 Å². The van der Waals surface area contributed by atoms with E-state index in [1.54, 1.807) is 0 Å². The minimum atomic E-state index is -0.417. The first-order valence-electron chi connectivity index (χ1n) is 4.77. The second-order valence-corrected chi connectivity index (χ2v) is 3.86. The lowest BCUT2D eigenvalue weighted by Crippen LogP contribution is -2.30. The van der Waals surface area contributed by atoms with Crippen LogP contribution in [0, 0.1) is 5.41 Å². The Hall–Kier alpha value is -1.59. The van der Waals surface area contributed by atoms with Crippen LogP contribution in [0.4, 0.5) is 5.95 Å². The first-order chi connectivity index (χ1) is 6.99. The maximum Gasteiger partial charge on any atom is 0.336 e. The molecule has 0 fully saturated rings. The molecule has 0 saturated heterocycles. The van der Waals surface area contributed by atoms with Gasteiger partial charge in [-0.3, -0.25) is 10.1 Å². The summed E-state index contributed by atoms with van der Waals surface area (Å²) in [5.41, 5.74) is -0.417. The number of amides is 1. The van der Waals surface area contributed by atoms with Crippen molar-refractivity contribution < 1.29 is 9.53 Å². The predicted octanol–water partition coefficient (Wildman–Crippen LogP) is 1.19. The average Bonchev–Trinajstić information content (AvgIpc) is 2.65. The molecule has 6 heteroatoms. The SMILES string of the molecule is CCC(C)(C)C(=O)Nc1nc(OC)n[nH]1. The first kappa shape index (κ1) is 11.5. The smallest absolute Gasteiger partial charge is 0.336 e. The van der Waals surface area contributed by atoms with Gasteiger partial charge in [-0.25, -0.2) is 5.10 Å². The van der Waals surface area contributed by atoms with Gasteiger partial charge < -0.3 is 4.74 Å². The van der Waals surface area contributed by atoms with Crippen LogP contribution in [0.3, 0.4) is 0 Å². The van der Waals surface area contributed by atoms with E-state index >= 15 is 0 Å². The van der Waals surface area contributed by atoms with Gasteiger partial charge in [-0.05, 0) is 6.42 Å². The van der Waals surface area contributed by atoms with E-state index in [1.807, 2.05) is 20.8 Å². The molecule has 0 radical (unpaired) electrons. The van der Waals surface area contributed by atoms with Crippen molar-refractivity contribution in [1.29, 1.82) is 0 Å². The zero-order chi connectivity index (χ0) is 11.5. The molecule has 1 amide bonds. The highest BCUT2D eigenvalue weighted by molar-refractivity contribution is 5.93. The Morgan fingerprint density at radius 2 is 2.27 bits per heavy atom. The van der Waals surface area contributed by atoms with Crippen LogP contribution >= 0.6 is 0 Å². The summed E-state index contributed by atoms with van der Waals surface area (Å²) < 4.78 is 4.78. The van der Waals surface area contributed by atoms with Crippen LogP contribution in [0.25, 0.3) is 0 Å². The number of rotatable bonds is 4. The number of anilines is 1. The second-order valence-electron chi connectivity index (χ2n) is 3.86. The number of aromatic nitrogens is 3. The normalized spacial score (nSPS) is 11.2. The van der Waals surface area contributed by atoms with E-state index in [1.165, 1.54) is 7.11 Å². The largest absolute Gasteiger partial charge is 0.466 e. The number of hydrogen-bond acceptors (Lipinski definition) is 4. The fraction of sp³-hybridized carbons (Fsp3) is 0.667. The molecule has 0 aliphatic rings. The van der Waals surface area contributed by atoms with Crippen LogP contribution in [0.5, 0.6) is 6.01 Å². The molecule has 0 aliphatic heterocycles. The molecule has 0 aliphatic carbocycles. The lowest BCUT2D eigenvalue weighted by atomic mass is 9.89. The number of carbonyl (C=O) groups is 1. The van der Waals surface area contributed by atoms with E-state index in [9.17, 15) is 4.79 Å². The third-order valence-corrected chi connectivity index (χ3v) is 2.38. The molecule has 6 nitrogen and oxygen atoms in total. The Bertz CT molecular complexity index is 346. The van der Waals surface area contributed by atoms with Crippen LogP contribution in [0.2, 0.25) is 0 Å². The fourth-order valence-corrected chi connectivity index (χ4v) is 0.831. The zero-order valence-corrected chi connectivity index (χ0v) is 9.42. The zero-order valence-electron chi connectivity index (χ0n) is 9.42. The van der Waals surface area contributed by atoms with Crippen LogP contribution in [0.1, 0.15) is 27.2 Å². The van der Waals surface area contributed by atoms with Crippen LogP contribution in [0.15, 0.2) is 0 Å². The van der Waals surface area contributed by atoms with Gasteiger partial charge in [0.1, 0.15) is 0 Å². The highest BCUT2D eigenvalue weighted by Gasteiger charge is 2.26. The molecule has 1 rings (SSSR count). The van der Waals surface area contributed by atoms with Crippen molar-refractivity contribution in [2.75, 3.05) is 12.4 Å². The molecule has 0 spiro atoms. The monoisotopic (exact) mass is 212 g/mol. The van der Waals surface area contributed by atoms with Gasteiger partial charge in [0, 0.05) is 5.41 Å². The van der Waals surface area contributed by atoms with Crippen molar-refractivity contribution in [2.45, 2.75) is 27.2 Å². The Balaban J connectivity index is 2.66. The Kier molecular flexibility index (Phi) is 3.28. The molecule has 84 valence electrons. The van der Waals surface area contributed by atoms with Gasteiger partial charge in [-0.1, -0.05) is 20.8 Å². The average molecular weight is 212 g/mol. The van der Waals surface area contributed by atoms with Crippen LogP contribution in [-0.4, -0.2) is 28.2 Å². The number of ether oxygens (including phenoxy) is 1. The number of carbonyl (C=O) groups excluding carboxylic acids is 1. The van der Waals surface area contributed by atoms with Crippen molar-refractivity contribution in [1.82, 2.24) is 15.2 Å². The lowest BCUT2D eigenvalue weighted by molar-refractivity contribution is -0.124. The predicted molar refractivity (Wildman–Crippen MR) is 55.6 cm³/mol. The van der Waals surface area contributed by atoms with Crippen molar-refractivity contribution in [2.24, 2.45) is 5.41 Å². The Labute approximate surface area is 88.4 Å². The van der Waals surface area contributed by atoms with Gasteiger partial charge >= 0.3 is 6.01 Å². The molecule has 0 unspecified atom stereocenters. The number of H-pyrrole nitrogens is 1. The van der Waals surface area contributed by atoms with E-state index in [2.05, 4.69) is 20.5 Å². The van der Waals surface area contributed by atoms with E-state index in [0.29, 0.717) is 5.95 Å². The van der Waals surface area contributed by atoms with Gasteiger partial charge in [0.2, 0.25) is 11.9 Å². The summed E-state index contributed by atoms with van der Waals surface area (Å²) in [6.45, 7) is 5.70. The molecule has 1 aromatic heterocycles. The number of nitrogens with one attached hydrogen (secondary N) is 2. The quantitative estimate of drug-likeness (QED) is 0.785. The molecule has 0 atom stereocenters. The third-order valence-electron chi connectivity index (χ3n) is 2.38. The molecule has 2 N–H and O–H groups in total. The van der Waals surface area contributed by atoms with Gasteiger partial charge in [-0.2, -0.15) is 4.98 Å². The first-order valence-corrected chi connectivity index (χ1v) is 4.77. The van der Waals surface area contributed by atoms with E-state index in [0.717, 1.165) is 6.42 Å². The molecule has 0 aromatic carbocycles. The van der Waals surface area contributed by atoms with E-state index in [4.69, 9.17) is 4.74 Å². The molecular formula is C9H16N4O2. The van der Waals surface area contributed by atoms with Crippen molar-refractivity contribution >= 4 is 11.9 Å². The summed E-state index contributed by atoms with van der Waals surface area (Å²) in [7, 11) is 1.46. The summed E-state index contributed by atoms with van der Waals surface area (Å²) >= 11 is 0. The second kappa shape index (κ2) is 4.29. The van der Waals surface area contributed by atoms with Crippen LogP contribution in [-0.2, 0) is 4.79 Å². The molecule has 1 aromatic rings. The summed E-state index contributed by atoms with van der Waals surface area (Å²) in [6, 6.07) is 0.208. The molecule has 0 bridgehead atoms. The number of aromatic amines is 1. The molecule has 0 saturated carbocycles. The van der Waals surface area contributed by atoms with E-state index in [-0.39, 0.29) is 11.9 Å². The van der Waals surface area contributed by atoms with Crippen molar-refractivity contribution in [3.05, 3.63) is 0 Å². The molecule has 1 heterocycles. The molecular weight excluding hydrogens is 196 g/mol. The van der Waals surface area contributed by atoms with Crippen molar-refractivity contribution in [3.63, 3.8) is 0 Å². The number of nitrogens with zero attached hydrogens (tertiary/aromatic N) is 2.